The fourth-order valence-electron chi connectivity index (χ4n) is 1.85. The molecule has 1 N–H and O–H groups in total. The Morgan fingerprint density at radius 3 is 2.54 bits per heavy atom. The van der Waals surface area contributed by atoms with Crippen LogP contribution >= 0.6 is 0 Å². The third-order valence-electron chi connectivity index (χ3n) is 3.21. The minimum absolute atomic E-state index is 0.625. The molecule has 2 nitrogen and oxygen atoms in total. The number of likely N-dealkylation sites (N-methyl/N-ethyl adjacent to an activating group) is 2. The lowest BCUT2D eigenvalue weighted by molar-refractivity contribution is 0.174. The Hall–Kier alpha value is -0.0800. The minimum atomic E-state index is 0.625. The summed E-state index contributed by atoms with van der Waals surface area (Å²) in [6.45, 7) is 8.24. The van der Waals surface area contributed by atoms with E-state index in [9.17, 15) is 0 Å². The highest BCUT2D eigenvalue weighted by molar-refractivity contribution is 4.75. The van der Waals surface area contributed by atoms with Gasteiger partial charge < -0.3 is 10.2 Å². The van der Waals surface area contributed by atoms with Crippen molar-refractivity contribution in [2.75, 3.05) is 26.7 Å². The van der Waals surface area contributed by atoms with Crippen LogP contribution in [0.2, 0.25) is 0 Å². The van der Waals surface area contributed by atoms with E-state index in [4.69, 9.17) is 0 Å². The maximum absolute atomic E-state index is 3.30. The van der Waals surface area contributed by atoms with Gasteiger partial charge in [-0.25, -0.2) is 0 Å². The van der Waals surface area contributed by atoms with Gasteiger partial charge in [-0.2, -0.15) is 0 Å². The van der Waals surface area contributed by atoms with E-state index in [1.54, 1.807) is 0 Å². The van der Waals surface area contributed by atoms with E-state index in [0.29, 0.717) is 6.04 Å². The molecule has 0 radical (unpaired) electrons. The second kappa shape index (κ2) is 5.61. The molecule has 1 aliphatic carbocycles. The Balaban J connectivity index is 2.16. The van der Waals surface area contributed by atoms with Gasteiger partial charge in [-0.1, -0.05) is 13.3 Å². The van der Waals surface area contributed by atoms with Crippen molar-refractivity contribution in [1.82, 2.24) is 10.2 Å². The number of hydrogen-bond acceptors (Lipinski definition) is 2. The summed E-state index contributed by atoms with van der Waals surface area (Å²) in [7, 11) is 2.04. The van der Waals surface area contributed by atoms with E-state index in [0.717, 1.165) is 5.92 Å². The second-order valence-corrected chi connectivity index (χ2v) is 4.34. The lowest BCUT2D eigenvalue weighted by atomic mass is 9.85. The molecule has 0 amide bonds. The van der Waals surface area contributed by atoms with Gasteiger partial charge in [-0.15, -0.1) is 0 Å². The van der Waals surface area contributed by atoms with Crippen LogP contribution in [0.4, 0.5) is 0 Å². The lowest BCUT2D eigenvalue weighted by Crippen LogP contribution is -2.40. The van der Waals surface area contributed by atoms with E-state index in [2.05, 4.69) is 24.1 Å². The summed E-state index contributed by atoms with van der Waals surface area (Å²) in [6.07, 6.45) is 4.39. The van der Waals surface area contributed by atoms with Gasteiger partial charge in [0.1, 0.15) is 0 Å². The van der Waals surface area contributed by atoms with Crippen molar-refractivity contribution in [3.63, 3.8) is 0 Å². The molecular weight excluding hydrogens is 160 g/mol. The Labute approximate surface area is 82.7 Å². The van der Waals surface area contributed by atoms with E-state index >= 15 is 0 Å². The van der Waals surface area contributed by atoms with E-state index in [1.165, 1.54) is 38.9 Å². The summed E-state index contributed by atoms with van der Waals surface area (Å²) in [6, 6.07) is 0.625. The van der Waals surface area contributed by atoms with Gasteiger partial charge in [0.05, 0.1) is 0 Å². The van der Waals surface area contributed by atoms with Gasteiger partial charge in [0.2, 0.25) is 0 Å². The minimum Gasteiger partial charge on any atom is -0.316 e. The first kappa shape index (κ1) is 11.0. The molecule has 1 atom stereocenters. The van der Waals surface area contributed by atoms with Crippen LogP contribution in [0.3, 0.4) is 0 Å². The Morgan fingerprint density at radius 1 is 1.46 bits per heavy atom. The molecule has 1 unspecified atom stereocenters. The lowest BCUT2D eigenvalue weighted by Gasteiger charge is -2.33. The average Bonchev–Trinajstić information content (AvgIpc) is 2.08. The van der Waals surface area contributed by atoms with Gasteiger partial charge in [0.15, 0.2) is 0 Å². The first-order valence-corrected chi connectivity index (χ1v) is 5.65. The molecule has 1 aliphatic rings. The van der Waals surface area contributed by atoms with Crippen molar-refractivity contribution >= 4 is 0 Å². The van der Waals surface area contributed by atoms with Crippen LogP contribution in [-0.2, 0) is 0 Å². The van der Waals surface area contributed by atoms with Crippen LogP contribution in [-0.4, -0.2) is 37.6 Å². The smallest absolute Gasteiger partial charge is 0.0163 e. The summed E-state index contributed by atoms with van der Waals surface area (Å²) < 4.78 is 0. The number of nitrogens with zero attached hydrogens (tertiary/aromatic N) is 1. The van der Waals surface area contributed by atoms with Gasteiger partial charge >= 0.3 is 0 Å². The molecule has 0 aromatic heterocycles. The molecule has 0 spiro atoms. The molecule has 0 aliphatic heterocycles. The van der Waals surface area contributed by atoms with E-state index in [1.807, 2.05) is 7.05 Å². The van der Waals surface area contributed by atoms with Crippen LogP contribution in [0, 0.1) is 5.92 Å². The third-order valence-corrected chi connectivity index (χ3v) is 3.21. The first-order valence-electron chi connectivity index (χ1n) is 5.65. The average molecular weight is 184 g/mol. The molecule has 1 rings (SSSR count). The quantitative estimate of drug-likeness (QED) is 0.676. The molecule has 2 heteroatoms. The summed E-state index contributed by atoms with van der Waals surface area (Å²) in [5.74, 6) is 1.00. The molecule has 78 valence electrons. The molecule has 0 saturated heterocycles. The van der Waals surface area contributed by atoms with Crippen molar-refractivity contribution in [3.8, 4) is 0 Å². The second-order valence-electron chi connectivity index (χ2n) is 4.34. The molecular formula is C11H24N2. The van der Waals surface area contributed by atoms with Crippen molar-refractivity contribution < 1.29 is 0 Å². The number of rotatable bonds is 6. The van der Waals surface area contributed by atoms with Gasteiger partial charge in [0, 0.05) is 19.1 Å². The third kappa shape index (κ3) is 3.65. The zero-order chi connectivity index (χ0) is 9.68. The van der Waals surface area contributed by atoms with Crippen LogP contribution in [0.5, 0.6) is 0 Å². The van der Waals surface area contributed by atoms with Crippen LogP contribution in [0.1, 0.15) is 33.1 Å². The summed E-state index contributed by atoms with van der Waals surface area (Å²) in [5, 5.41) is 3.30. The van der Waals surface area contributed by atoms with Crippen molar-refractivity contribution in [1.29, 1.82) is 0 Å². The molecule has 0 aromatic rings. The van der Waals surface area contributed by atoms with Crippen LogP contribution in [0.15, 0.2) is 0 Å². The van der Waals surface area contributed by atoms with Crippen LogP contribution in [0.25, 0.3) is 0 Å². The predicted molar refractivity (Wildman–Crippen MR) is 58.0 cm³/mol. The summed E-state index contributed by atoms with van der Waals surface area (Å²) in [5.41, 5.74) is 0. The topological polar surface area (TPSA) is 15.3 Å². The fourth-order valence-corrected chi connectivity index (χ4v) is 1.85. The Bertz CT molecular complexity index is 125. The summed E-state index contributed by atoms with van der Waals surface area (Å²) in [4.78, 5) is 2.57. The normalized spacial score (nSPS) is 20.3. The SMILES string of the molecule is CCN(CC1CCC1)CC(C)NC. The molecule has 0 aromatic carbocycles. The van der Waals surface area contributed by atoms with Crippen molar-refractivity contribution in [2.45, 2.75) is 39.2 Å². The zero-order valence-electron chi connectivity index (χ0n) is 9.34. The number of nitrogens with one attached hydrogen (secondary N) is 1. The molecule has 0 heterocycles. The largest absolute Gasteiger partial charge is 0.316 e. The highest BCUT2D eigenvalue weighted by Crippen LogP contribution is 2.26. The molecule has 1 fully saturated rings. The van der Waals surface area contributed by atoms with Gasteiger partial charge in [-0.3, -0.25) is 0 Å². The predicted octanol–water partition coefficient (Wildman–Crippen LogP) is 1.72. The first-order chi connectivity index (χ1) is 6.26. The maximum Gasteiger partial charge on any atom is 0.0163 e. The van der Waals surface area contributed by atoms with Crippen molar-refractivity contribution in [3.05, 3.63) is 0 Å². The van der Waals surface area contributed by atoms with E-state index < -0.39 is 0 Å². The van der Waals surface area contributed by atoms with Crippen molar-refractivity contribution in [2.24, 2.45) is 5.92 Å². The maximum atomic E-state index is 3.30. The van der Waals surface area contributed by atoms with Gasteiger partial charge in [-0.05, 0) is 39.3 Å². The Morgan fingerprint density at radius 2 is 2.15 bits per heavy atom. The van der Waals surface area contributed by atoms with Crippen LogP contribution < -0.4 is 5.32 Å². The highest BCUT2D eigenvalue weighted by atomic mass is 15.1. The standard InChI is InChI=1S/C11H24N2/c1-4-13(8-10(2)12-3)9-11-6-5-7-11/h10-12H,4-9H2,1-3H3. The van der Waals surface area contributed by atoms with Gasteiger partial charge in [0.25, 0.3) is 0 Å². The molecule has 1 saturated carbocycles. The molecule has 13 heavy (non-hydrogen) atoms. The molecule has 0 bridgehead atoms. The fraction of sp³-hybridized carbons (Fsp3) is 1.00. The van der Waals surface area contributed by atoms with E-state index in [-0.39, 0.29) is 0 Å². The number of hydrogen-bond donors (Lipinski definition) is 1. The highest BCUT2D eigenvalue weighted by Gasteiger charge is 2.20. The monoisotopic (exact) mass is 184 g/mol. The Kier molecular flexibility index (Phi) is 4.74. The summed E-state index contributed by atoms with van der Waals surface area (Å²) >= 11 is 0. The zero-order valence-corrected chi connectivity index (χ0v) is 9.34.